The van der Waals surface area contributed by atoms with E-state index in [1.807, 2.05) is 17.0 Å². The summed E-state index contributed by atoms with van der Waals surface area (Å²) in [6.45, 7) is 3.48. The van der Waals surface area contributed by atoms with E-state index in [2.05, 4.69) is 31.5 Å². The third-order valence-electron chi connectivity index (χ3n) is 4.75. The molecule has 0 aromatic heterocycles. The molecular formula is C21H22BrFN4O3. The molecule has 2 aromatic rings. The average Bonchev–Trinajstić information content (AvgIpc) is 2.75. The number of amides is 3. The molecule has 7 nitrogen and oxygen atoms in total. The van der Waals surface area contributed by atoms with Crippen molar-refractivity contribution in [1.82, 2.24) is 15.1 Å². The molecule has 3 rings (SSSR count). The molecule has 30 heavy (non-hydrogen) atoms. The molecule has 0 atom stereocenters. The predicted octanol–water partition coefficient (Wildman–Crippen LogP) is 2.10. The Hall–Kier alpha value is -2.78. The molecule has 3 amide bonds. The van der Waals surface area contributed by atoms with Crippen LogP contribution in [0.4, 0.5) is 10.1 Å². The van der Waals surface area contributed by atoms with E-state index >= 15 is 0 Å². The van der Waals surface area contributed by atoms with Crippen LogP contribution in [0.2, 0.25) is 0 Å². The second kappa shape index (κ2) is 10.3. The van der Waals surface area contributed by atoms with Gasteiger partial charge in [0.25, 0.3) is 5.91 Å². The Morgan fingerprint density at radius 2 is 1.67 bits per heavy atom. The summed E-state index contributed by atoms with van der Waals surface area (Å²) in [5, 5.41) is 4.99. The van der Waals surface area contributed by atoms with Gasteiger partial charge < -0.3 is 15.5 Å². The first-order valence-corrected chi connectivity index (χ1v) is 10.3. The molecule has 158 valence electrons. The van der Waals surface area contributed by atoms with Crippen molar-refractivity contribution in [3.63, 3.8) is 0 Å². The number of hydrogen-bond acceptors (Lipinski definition) is 4. The molecule has 0 unspecified atom stereocenters. The lowest BCUT2D eigenvalue weighted by Gasteiger charge is -2.34. The van der Waals surface area contributed by atoms with Crippen molar-refractivity contribution >= 4 is 39.3 Å². The Bertz CT molecular complexity index is 915. The van der Waals surface area contributed by atoms with E-state index in [4.69, 9.17) is 0 Å². The fourth-order valence-electron chi connectivity index (χ4n) is 3.11. The van der Waals surface area contributed by atoms with E-state index in [-0.39, 0.29) is 5.91 Å². The molecule has 9 heteroatoms. The van der Waals surface area contributed by atoms with Crippen LogP contribution in [-0.2, 0) is 9.59 Å². The van der Waals surface area contributed by atoms with Gasteiger partial charge in [-0.3, -0.25) is 19.3 Å². The van der Waals surface area contributed by atoms with Crippen LogP contribution in [0, 0.1) is 5.82 Å². The highest BCUT2D eigenvalue weighted by atomic mass is 79.9. The fraction of sp³-hybridized carbons (Fsp3) is 0.286. The number of benzene rings is 2. The van der Waals surface area contributed by atoms with Crippen LogP contribution < -0.4 is 10.6 Å². The topological polar surface area (TPSA) is 81.8 Å². The lowest BCUT2D eigenvalue weighted by Crippen LogP contribution is -2.50. The average molecular weight is 477 g/mol. The molecule has 1 aliphatic heterocycles. The van der Waals surface area contributed by atoms with Crippen LogP contribution in [-0.4, -0.2) is 66.8 Å². The van der Waals surface area contributed by atoms with E-state index in [1.54, 1.807) is 12.1 Å². The van der Waals surface area contributed by atoms with Gasteiger partial charge in [-0.1, -0.05) is 22.0 Å². The van der Waals surface area contributed by atoms with Gasteiger partial charge in [0.05, 0.1) is 0 Å². The van der Waals surface area contributed by atoms with Crippen LogP contribution >= 0.6 is 15.9 Å². The van der Waals surface area contributed by atoms with Crippen LogP contribution in [0.15, 0.2) is 53.0 Å². The van der Waals surface area contributed by atoms with Crippen LogP contribution in [0.3, 0.4) is 0 Å². The van der Waals surface area contributed by atoms with Gasteiger partial charge in [0, 0.05) is 55.0 Å². The van der Waals surface area contributed by atoms with Crippen molar-refractivity contribution in [2.24, 2.45) is 0 Å². The first-order valence-electron chi connectivity index (χ1n) is 9.54. The Labute approximate surface area is 182 Å². The normalized spacial score (nSPS) is 14.3. The Morgan fingerprint density at radius 1 is 0.967 bits per heavy atom. The molecule has 0 bridgehead atoms. The van der Waals surface area contributed by atoms with Gasteiger partial charge in [-0.25, -0.2) is 4.39 Å². The molecule has 0 radical (unpaired) electrons. The standard InChI is InChI=1S/C21H22BrFN4O3/c22-16-3-1-2-15(14-16)21(30)27-12-10-26(11-13-27)9-8-24-19(28)20(29)25-18-6-4-17(23)5-7-18/h1-7,14H,8-13H2,(H,24,28)(H,25,29). The number of hydrogen-bond donors (Lipinski definition) is 2. The molecule has 1 fully saturated rings. The zero-order chi connectivity index (χ0) is 21.5. The maximum atomic E-state index is 12.9. The number of nitrogens with zero attached hydrogens (tertiary/aromatic N) is 2. The summed E-state index contributed by atoms with van der Waals surface area (Å²) in [6, 6.07) is 12.5. The van der Waals surface area contributed by atoms with Crippen molar-refractivity contribution in [3.05, 3.63) is 64.4 Å². The molecule has 0 aliphatic carbocycles. The molecule has 1 aliphatic rings. The highest BCUT2D eigenvalue weighted by Gasteiger charge is 2.22. The van der Waals surface area contributed by atoms with Gasteiger partial charge in [-0.05, 0) is 42.5 Å². The number of rotatable bonds is 5. The van der Waals surface area contributed by atoms with Gasteiger partial charge in [-0.15, -0.1) is 0 Å². The number of piperazine rings is 1. The van der Waals surface area contributed by atoms with Gasteiger partial charge in [0.1, 0.15) is 5.82 Å². The lowest BCUT2D eigenvalue weighted by atomic mass is 10.2. The summed E-state index contributed by atoms with van der Waals surface area (Å²) in [4.78, 5) is 40.3. The van der Waals surface area contributed by atoms with Crippen LogP contribution in [0.5, 0.6) is 0 Å². The van der Waals surface area contributed by atoms with Gasteiger partial charge >= 0.3 is 11.8 Å². The van der Waals surface area contributed by atoms with Crippen molar-refractivity contribution in [1.29, 1.82) is 0 Å². The number of halogens is 2. The maximum Gasteiger partial charge on any atom is 0.313 e. The van der Waals surface area contributed by atoms with Crippen molar-refractivity contribution in [3.8, 4) is 0 Å². The number of carbonyl (C=O) groups excluding carboxylic acids is 3. The summed E-state index contributed by atoms with van der Waals surface area (Å²) >= 11 is 3.38. The number of nitrogens with one attached hydrogen (secondary N) is 2. The molecule has 0 spiro atoms. The van der Waals surface area contributed by atoms with Gasteiger partial charge in [0.2, 0.25) is 0 Å². The minimum Gasteiger partial charge on any atom is -0.347 e. The quantitative estimate of drug-likeness (QED) is 0.647. The SMILES string of the molecule is O=C(NCCN1CCN(C(=O)c2cccc(Br)c2)CC1)C(=O)Nc1ccc(F)cc1. The summed E-state index contributed by atoms with van der Waals surface area (Å²) in [5.74, 6) is -1.97. The summed E-state index contributed by atoms with van der Waals surface area (Å²) in [6.07, 6.45) is 0. The Morgan fingerprint density at radius 3 is 2.33 bits per heavy atom. The fourth-order valence-corrected chi connectivity index (χ4v) is 3.51. The van der Waals surface area contributed by atoms with E-state index in [9.17, 15) is 18.8 Å². The number of carbonyl (C=O) groups is 3. The van der Waals surface area contributed by atoms with E-state index in [0.29, 0.717) is 50.5 Å². The summed E-state index contributed by atoms with van der Waals surface area (Å²) in [5.41, 5.74) is 1.00. The molecule has 2 aromatic carbocycles. The van der Waals surface area contributed by atoms with E-state index < -0.39 is 17.6 Å². The van der Waals surface area contributed by atoms with E-state index in [0.717, 1.165) is 4.47 Å². The monoisotopic (exact) mass is 476 g/mol. The van der Waals surface area contributed by atoms with Gasteiger partial charge in [0.15, 0.2) is 0 Å². The van der Waals surface area contributed by atoms with Crippen molar-refractivity contribution in [2.75, 3.05) is 44.6 Å². The molecule has 0 saturated carbocycles. The third kappa shape index (κ3) is 6.11. The lowest BCUT2D eigenvalue weighted by molar-refractivity contribution is -0.136. The predicted molar refractivity (Wildman–Crippen MR) is 115 cm³/mol. The van der Waals surface area contributed by atoms with Crippen molar-refractivity contribution < 1.29 is 18.8 Å². The molecular weight excluding hydrogens is 455 g/mol. The van der Waals surface area contributed by atoms with Crippen molar-refractivity contribution in [2.45, 2.75) is 0 Å². The minimum atomic E-state index is -0.800. The van der Waals surface area contributed by atoms with E-state index in [1.165, 1.54) is 24.3 Å². The zero-order valence-electron chi connectivity index (χ0n) is 16.2. The third-order valence-corrected chi connectivity index (χ3v) is 5.25. The summed E-state index contributed by atoms with van der Waals surface area (Å²) in [7, 11) is 0. The van der Waals surface area contributed by atoms with Crippen LogP contribution in [0.1, 0.15) is 10.4 Å². The molecule has 1 heterocycles. The highest BCUT2D eigenvalue weighted by Crippen LogP contribution is 2.14. The maximum absolute atomic E-state index is 12.9. The molecule has 2 N–H and O–H groups in total. The highest BCUT2D eigenvalue weighted by molar-refractivity contribution is 9.10. The first-order chi connectivity index (χ1) is 14.4. The second-order valence-electron chi connectivity index (χ2n) is 6.86. The second-order valence-corrected chi connectivity index (χ2v) is 7.78. The first kappa shape index (κ1) is 21.9. The largest absolute Gasteiger partial charge is 0.347 e. The minimum absolute atomic E-state index is 0.00159. The molecule has 1 saturated heterocycles. The smallest absolute Gasteiger partial charge is 0.313 e. The van der Waals surface area contributed by atoms with Crippen LogP contribution in [0.25, 0.3) is 0 Å². The Kier molecular flexibility index (Phi) is 7.53. The Balaban J connectivity index is 1.37. The summed E-state index contributed by atoms with van der Waals surface area (Å²) < 4.78 is 13.7. The number of anilines is 1. The van der Waals surface area contributed by atoms with Gasteiger partial charge in [-0.2, -0.15) is 0 Å². The zero-order valence-corrected chi connectivity index (χ0v) is 17.8.